The first-order valence-corrected chi connectivity index (χ1v) is 35.3. The van der Waals surface area contributed by atoms with E-state index in [4.69, 9.17) is 49.4 Å². The van der Waals surface area contributed by atoms with Crippen LogP contribution in [0.4, 0.5) is 9.59 Å². The molecule has 0 heterocycles. The van der Waals surface area contributed by atoms with Crippen molar-refractivity contribution in [1.82, 2.24) is 31.1 Å². The van der Waals surface area contributed by atoms with E-state index in [1.54, 1.807) is 90.1 Å². The Bertz CT molecular complexity index is 3380. The second-order valence-electron chi connectivity index (χ2n) is 26.5. The van der Waals surface area contributed by atoms with E-state index >= 15 is 28.8 Å². The zero-order valence-corrected chi connectivity index (χ0v) is 61.6. The molecular formula is C76H94Br2N8O16. The summed E-state index contributed by atoms with van der Waals surface area (Å²) in [7, 11) is 0. The maximum absolute atomic E-state index is 16.1. The summed E-state index contributed by atoms with van der Waals surface area (Å²) < 4.78 is 49.8. The first kappa shape index (κ1) is 81.0. The van der Waals surface area contributed by atoms with Gasteiger partial charge in [-0.1, -0.05) is 190 Å². The van der Waals surface area contributed by atoms with E-state index in [0.717, 1.165) is 41.0 Å². The normalized spacial score (nSPS) is 15.6. The third kappa shape index (κ3) is 27.8. The molecule has 8 amide bonds. The number of rotatable bonds is 36. The van der Waals surface area contributed by atoms with Gasteiger partial charge in [-0.2, -0.15) is 0 Å². The summed E-state index contributed by atoms with van der Waals surface area (Å²) >= 11 is 6.90. The van der Waals surface area contributed by atoms with Crippen LogP contribution in [0.2, 0.25) is 0 Å². The number of halogens is 2. The van der Waals surface area contributed by atoms with Crippen LogP contribution in [0.1, 0.15) is 101 Å². The SMILES string of the molecule is CC(C)(C)OC(=O)N(C(=O)[C@H](COCc1ccc(Br)cc1)NC(=O)[C@@H](COCc1ccccc1)NC(=O)[C@@H](N)COCc1ccccc1)[C@@H]1CCCC[C@H]1N(C(=O)OC(C)(C)C)C(=O)[C@H](COCc1ccc(Br)cc1)NC(=O)[C@@H](COCc1ccccc1)NC(=O)[C@@H](N)COCc1ccccc1. The van der Waals surface area contributed by atoms with Crippen molar-refractivity contribution in [2.45, 2.75) is 166 Å². The van der Waals surface area contributed by atoms with Gasteiger partial charge in [0.25, 0.3) is 11.8 Å². The lowest BCUT2D eigenvalue weighted by molar-refractivity contribution is -0.147. The van der Waals surface area contributed by atoms with Crippen LogP contribution in [0.3, 0.4) is 0 Å². The molecule has 548 valence electrons. The number of hydrogen-bond acceptors (Lipinski definition) is 18. The van der Waals surface area contributed by atoms with Crippen LogP contribution in [0.25, 0.3) is 0 Å². The smallest absolute Gasteiger partial charge is 0.417 e. The van der Waals surface area contributed by atoms with Gasteiger partial charge in [0.15, 0.2) is 0 Å². The van der Waals surface area contributed by atoms with Gasteiger partial charge < -0.3 is 70.6 Å². The Kier molecular flexibility index (Phi) is 32.7. The summed E-state index contributed by atoms with van der Waals surface area (Å²) in [5.41, 5.74) is 14.7. The van der Waals surface area contributed by atoms with Gasteiger partial charge in [-0.05, 0) is 112 Å². The lowest BCUT2D eigenvalue weighted by Gasteiger charge is -2.44. The Morgan fingerprint density at radius 2 is 0.618 bits per heavy atom. The lowest BCUT2D eigenvalue weighted by atomic mass is 9.87. The Balaban J connectivity index is 1.26. The summed E-state index contributed by atoms with van der Waals surface area (Å²) in [5.74, 6) is -5.67. The first-order valence-electron chi connectivity index (χ1n) is 33.8. The number of nitrogens with one attached hydrogen (secondary N) is 4. The Morgan fingerprint density at radius 1 is 0.373 bits per heavy atom. The van der Waals surface area contributed by atoms with Crippen molar-refractivity contribution < 1.29 is 76.3 Å². The largest absolute Gasteiger partial charge is 0.443 e. The van der Waals surface area contributed by atoms with Crippen molar-refractivity contribution in [2.75, 3.05) is 39.6 Å². The quantitative estimate of drug-likeness (QED) is 0.0213. The van der Waals surface area contributed by atoms with Gasteiger partial charge in [0.2, 0.25) is 23.6 Å². The van der Waals surface area contributed by atoms with Crippen molar-refractivity contribution in [3.8, 4) is 0 Å². The minimum atomic E-state index is -1.77. The number of nitrogens with zero attached hydrogens (tertiary/aromatic N) is 2. The average Bonchev–Trinajstić information content (AvgIpc) is 0.775. The van der Waals surface area contributed by atoms with E-state index in [1.165, 1.54) is 0 Å². The van der Waals surface area contributed by atoms with E-state index in [-0.39, 0.29) is 65.7 Å². The van der Waals surface area contributed by atoms with Gasteiger partial charge in [0.05, 0.1) is 91.4 Å². The molecule has 0 aliphatic heterocycles. The van der Waals surface area contributed by atoms with Crippen molar-refractivity contribution in [2.24, 2.45) is 11.5 Å². The van der Waals surface area contributed by atoms with Crippen LogP contribution in [0.15, 0.2) is 179 Å². The molecule has 8 N–H and O–H groups in total. The van der Waals surface area contributed by atoms with Crippen LogP contribution < -0.4 is 32.7 Å². The van der Waals surface area contributed by atoms with Crippen LogP contribution in [0.5, 0.6) is 0 Å². The molecule has 102 heavy (non-hydrogen) atoms. The molecule has 1 aliphatic rings. The molecule has 0 spiro atoms. The number of imide groups is 2. The highest BCUT2D eigenvalue weighted by Gasteiger charge is 2.49. The Hall–Kier alpha value is -8.28. The third-order valence-electron chi connectivity index (χ3n) is 15.7. The highest BCUT2D eigenvalue weighted by atomic mass is 79.9. The first-order chi connectivity index (χ1) is 48.8. The number of benzene rings is 6. The van der Waals surface area contributed by atoms with Gasteiger partial charge in [0.1, 0.15) is 47.5 Å². The van der Waals surface area contributed by atoms with E-state index in [0.29, 0.717) is 24.0 Å². The van der Waals surface area contributed by atoms with E-state index in [2.05, 4.69) is 53.1 Å². The summed E-state index contributed by atoms with van der Waals surface area (Å²) in [6, 6.07) is 38.9. The third-order valence-corrected chi connectivity index (χ3v) is 16.8. The van der Waals surface area contributed by atoms with E-state index in [9.17, 15) is 9.59 Å². The fourth-order valence-electron chi connectivity index (χ4n) is 10.6. The fraction of sp³-hybridized carbons (Fsp3) is 0.421. The van der Waals surface area contributed by atoms with E-state index in [1.807, 2.05) is 121 Å². The fourth-order valence-corrected chi connectivity index (χ4v) is 11.2. The zero-order chi connectivity index (χ0) is 73.6. The maximum Gasteiger partial charge on any atom is 0.417 e. The number of amides is 8. The standard InChI is InChI=1S/C76H94Br2N8O16/c1-75(2,3)101-73(93)85(71(91)63(49-99-43-55-31-35-57(77)36-32-55)83-69(89)61(47-97-41-53-25-15-9-16-26-53)81-67(87)59(79)45-95-39-51-21-11-7-12-22-51)65-29-19-20-30-66(65)86(74(94)102-76(4,5)6)72(92)64(50-100-44-56-33-37-58(78)38-34-56)84-70(90)62(48-98-42-54-27-17-10-18-28-54)82-68(88)60(80)46-96-40-52-23-13-8-14-24-52/h7-18,21-28,31-38,59-66H,19-20,29-30,39-50,79-80H2,1-6H3,(H,81,87)(H,82,88)(H,83,89)(H,84,90)/t59-,60-,61+,62+,63-,64-,65+,66+/m0/s1. The Morgan fingerprint density at radius 3 is 0.892 bits per heavy atom. The van der Waals surface area contributed by atoms with Crippen LogP contribution in [-0.2, 0) is 106 Å². The predicted molar refractivity (Wildman–Crippen MR) is 388 cm³/mol. The molecule has 1 saturated carbocycles. The van der Waals surface area contributed by atoms with Crippen LogP contribution in [0, 0.1) is 0 Å². The number of ether oxygens (including phenoxy) is 8. The van der Waals surface area contributed by atoms with Gasteiger partial charge in [-0.3, -0.25) is 28.8 Å². The summed E-state index contributed by atoms with van der Waals surface area (Å²) in [6.07, 6.45) is -1.85. The highest BCUT2D eigenvalue weighted by molar-refractivity contribution is 9.10. The molecule has 1 fully saturated rings. The number of hydrogen-bond donors (Lipinski definition) is 6. The minimum Gasteiger partial charge on any atom is -0.443 e. The topological polar surface area (TPSA) is 317 Å². The van der Waals surface area contributed by atoms with Gasteiger partial charge in [-0.25, -0.2) is 19.4 Å². The lowest BCUT2D eigenvalue weighted by Crippen LogP contribution is -2.66. The van der Waals surface area contributed by atoms with Crippen molar-refractivity contribution in [3.63, 3.8) is 0 Å². The predicted octanol–water partition coefficient (Wildman–Crippen LogP) is 9.24. The molecule has 1 aliphatic carbocycles. The van der Waals surface area contributed by atoms with Crippen LogP contribution in [-0.4, -0.2) is 157 Å². The summed E-state index contributed by atoms with van der Waals surface area (Å²) in [5, 5.41) is 10.8. The molecule has 7 rings (SSSR count). The van der Waals surface area contributed by atoms with E-state index < -0.39 is 134 Å². The van der Waals surface area contributed by atoms with Gasteiger partial charge in [0, 0.05) is 8.95 Å². The maximum atomic E-state index is 16.1. The molecular weight excluding hydrogens is 1440 g/mol. The number of nitrogens with two attached hydrogens (primary N) is 2. The van der Waals surface area contributed by atoms with Crippen molar-refractivity contribution in [1.29, 1.82) is 0 Å². The van der Waals surface area contributed by atoms with Gasteiger partial charge >= 0.3 is 12.2 Å². The average molecular weight is 1540 g/mol. The summed E-state index contributed by atoms with van der Waals surface area (Å²) in [6.45, 7) is 7.09. The Labute approximate surface area is 613 Å². The molecule has 0 radical (unpaired) electrons. The highest BCUT2D eigenvalue weighted by Crippen LogP contribution is 2.32. The van der Waals surface area contributed by atoms with Crippen LogP contribution >= 0.6 is 31.9 Å². The van der Waals surface area contributed by atoms with Crippen molar-refractivity contribution in [3.05, 3.63) is 212 Å². The van der Waals surface area contributed by atoms with Crippen molar-refractivity contribution >= 4 is 79.5 Å². The minimum absolute atomic E-state index is 0.0103. The second kappa shape index (κ2) is 41.1. The number of carbonyl (C=O) groups is 8. The monoisotopic (exact) mass is 1530 g/mol. The van der Waals surface area contributed by atoms with Gasteiger partial charge in [-0.15, -0.1) is 0 Å². The molecule has 0 unspecified atom stereocenters. The molecule has 8 atom stereocenters. The molecule has 0 bridgehead atoms. The summed E-state index contributed by atoms with van der Waals surface area (Å²) in [4.78, 5) is 123. The molecule has 6 aromatic rings. The molecule has 0 saturated heterocycles. The molecule has 26 heteroatoms. The molecule has 6 aromatic carbocycles. The number of carbonyl (C=O) groups excluding carboxylic acids is 8. The molecule has 24 nitrogen and oxygen atoms in total. The molecule has 0 aromatic heterocycles. The second-order valence-corrected chi connectivity index (χ2v) is 28.4. The zero-order valence-electron chi connectivity index (χ0n) is 58.4.